The van der Waals surface area contributed by atoms with Crippen LogP contribution >= 0.6 is 11.6 Å². The van der Waals surface area contributed by atoms with Crippen molar-refractivity contribution in [2.75, 3.05) is 5.32 Å². The molecule has 0 heterocycles. The first-order valence-corrected chi connectivity index (χ1v) is 6.14. The zero-order chi connectivity index (χ0) is 15.5. The van der Waals surface area contributed by atoms with Crippen LogP contribution in [0.25, 0.3) is 0 Å². The van der Waals surface area contributed by atoms with E-state index in [-0.39, 0.29) is 16.3 Å². The summed E-state index contributed by atoms with van der Waals surface area (Å²) in [5, 5.41) is 2.81. The Labute approximate surface area is 123 Å². The second kappa shape index (κ2) is 6.05. The predicted molar refractivity (Wildman–Crippen MR) is 72.5 cm³/mol. The number of carbonyl (C=O) groups excluding carboxylic acids is 1. The number of amides is 1. The summed E-state index contributed by atoms with van der Waals surface area (Å²) in [5.74, 6) is -0.816. The molecule has 0 saturated carbocycles. The van der Waals surface area contributed by atoms with Crippen molar-refractivity contribution < 1.29 is 22.7 Å². The molecule has 1 amide bonds. The Morgan fingerprint density at radius 2 is 1.67 bits per heavy atom. The van der Waals surface area contributed by atoms with Crippen LogP contribution in [0.15, 0.2) is 48.5 Å². The van der Waals surface area contributed by atoms with Gasteiger partial charge in [-0.1, -0.05) is 23.7 Å². The van der Waals surface area contributed by atoms with Gasteiger partial charge in [0.2, 0.25) is 0 Å². The molecular formula is C14H9ClF3NO2. The molecule has 1 N–H and O–H groups in total. The van der Waals surface area contributed by atoms with Gasteiger partial charge >= 0.3 is 6.36 Å². The summed E-state index contributed by atoms with van der Waals surface area (Å²) in [5.41, 5.74) is 0.601. The standard InChI is InChI=1S/C14H9ClF3NO2/c15-12-4-2-1-3-11(12)13(20)19-9-5-7-10(8-6-9)21-14(16,17)18/h1-8H,(H,19,20). The third kappa shape index (κ3) is 4.39. The zero-order valence-electron chi connectivity index (χ0n) is 10.4. The monoisotopic (exact) mass is 315 g/mol. The van der Waals surface area contributed by atoms with Gasteiger partial charge in [0.05, 0.1) is 10.6 Å². The lowest BCUT2D eigenvalue weighted by Crippen LogP contribution is -2.17. The molecule has 0 fully saturated rings. The number of rotatable bonds is 3. The van der Waals surface area contributed by atoms with Crippen LogP contribution in [0, 0.1) is 0 Å². The highest BCUT2D eigenvalue weighted by Crippen LogP contribution is 2.24. The number of nitrogens with one attached hydrogen (secondary N) is 1. The molecule has 0 aliphatic rings. The Hall–Kier alpha value is -2.21. The molecule has 2 aromatic rings. The normalized spacial score (nSPS) is 11.0. The smallest absolute Gasteiger partial charge is 0.406 e. The first-order valence-electron chi connectivity index (χ1n) is 5.77. The van der Waals surface area contributed by atoms with Crippen molar-refractivity contribution in [1.29, 1.82) is 0 Å². The average molecular weight is 316 g/mol. The predicted octanol–water partition coefficient (Wildman–Crippen LogP) is 4.49. The van der Waals surface area contributed by atoms with E-state index in [1.54, 1.807) is 24.3 Å². The first-order chi connectivity index (χ1) is 9.85. The maximum Gasteiger partial charge on any atom is 0.573 e. The number of benzene rings is 2. The maximum absolute atomic E-state index is 12.0. The van der Waals surface area contributed by atoms with Gasteiger partial charge < -0.3 is 10.1 Å². The fraction of sp³-hybridized carbons (Fsp3) is 0.0714. The summed E-state index contributed by atoms with van der Waals surface area (Å²) >= 11 is 5.88. The van der Waals surface area contributed by atoms with Crippen LogP contribution in [-0.4, -0.2) is 12.3 Å². The molecule has 0 aliphatic carbocycles. The van der Waals surface area contributed by atoms with E-state index in [1.807, 2.05) is 0 Å². The molecule has 0 atom stereocenters. The highest BCUT2D eigenvalue weighted by Gasteiger charge is 2.30. The summed E-state index contributed by atoms with van der Waals surface area (Å²) in [4.78, 5) is 11.9. The van der Waals surface area contributed by atoms with Crippen molar-refractivity contribution in [3.8, 4) is 5.75 Å². The molecule has 0 spiro atoms. The van der Waals surface area contributed by atoms with Crippen LogP contribution < -0.4 is 10.1 Å². The molecule has 21 heavy (non-hydrogen) atoms. The fourth-order valence-electron chi connectivity index (χ4n) is 1.58. The van der Waals surface area contributed by atoms with E-state index in [0.717, 1.165) is 12.1 Å². The largest absolute Gasteiger partial charge is 0.573 e. The Bertz CT molecular complexity index is 641. The summed E-state index contributed by atoms with van der Waals surface area (Å²) in [6, 6.07) is 11.3. The highest BCUT2D eigenvalue weighted by atomic mass is 35.5. The Balaban J connectivity index is 2.07. The van der Waals surface area contributed by atoms with Gasteiger partial charge in [-0.05, 0) is 36.4 Å². The van der Waals surface area contributed by atoms with Crippen LogP contribution in [0.2, 0.25) is 5.02 Å². The van der Waals surface area contributed by atoms with E-state index in [4.69, 9.17) is 11.6 Å². The van der Waals surface area contributed by atoms with Crippen LogP contribution in [0.4, 0.5) is 18.9 Å². The SMILES string of the molecule is O=C(Nc1ccc(OC(F)(F)F)cc1)c1ccccc1Cl. The van der Waals surface area contributed by atoms with Crippen LogP contribution in [-0.2, 0) is 0 Å². The van der Waals surface area contributed by atoms with Crippen molar-refractivity contribution in [2.45, 2.75) is 6.36 Å². The number of anilines is 1. The number of carbonyl (C=O) groups is 1. The van der Waals surface area contributed by atoms with Crippen molar-refractivity contribution in [2.24, 2.45) is 0 Å². The highest BCUT2D eigenvalue weighted by molar-refractivity contribution is 6.34. The van der Waals surface area contributed by atoms with Crippen LogP contribution in [0.1, 0.15) is 10.4 Å². The van der Waals surface area contributed by atoms with E-state index in [0.29, 0.717) is 5.69 Å². The summed E-state index contributed by atoms with van der Waals surface area (Å²) in [7, 11) is 0. The third-order valence-corrected chi connectivity index (χ3v) is 2.79. The Morgan fingerprint density at radius 1 is 1.05 bits per heavy atom. The van der Waals surface area contributed by atoms with E-state index in [9.17, 15) is 18.0 Å². The van der Waals surface area contributed by atoms with E-state index in [2.05, 4.69) is 10.1 Å². The van der Waals surface area contributed by atoms with Crippen molar-refractivity contribution in [3.05, 3.63) is 59.1 Å². The zero-order valence-corrected chi connectivity index (χ0v) is 11.2. The minimum atomic E-state index is -4.75. The number of halogens is 4. The van der Waals surface area contributed by atoms with Gasteiger partial charge in [0, 0.05) is 5.69 Å². The first kappa shape index (κ1) is 15.2. The van der Waals surface area contributed by atoms with Crippen LogP contribution in [0.5, 0.6) is 5.75 Å². The van der Waals surface area contributed by atoms with E-state index < -0.39 is 12.3 Å². The molecule has 0 bridgehead atoms. The lowest BCUT2D eigenvalue weighted by molar-refractivity contribution is -0.274. The molecule has 2 aromatic carbocycles. The molecule has 0 aromatic heterocycles. The molecule has 0 aliphatic heterocycles. The van der Waals surface area contributed by atoms with Gasteiger partial charge in [0.15, 0.2) is 0 Å². The molecule has 0 unspecified atom stereocenters. The summed E-state index contributed by atoms with van der Waals surface area (Å²) < 4.78 is 39.8. The summed E-state index contributed by atoms with van der Waals surface area (Å²) in [6.45, 7) is 0. The number of ether oxygens (including phenoxy) is 1. The third-order valence-electron chi connectivity index (χ3n) is 2.46. The Morgan fingerprint density at radius 3 is 2.24 bits per heavy atom. The Kier molecular flexibility index (Phi) is 4.37. The second-order valence-electron chi connectivity index (χ2n) is 4.01. The van der Waals surface area contributed by atoms with Gasteiger partial charge in [0.25, 0.3) is 5.91 Å². The lowest BCUT2D eigenvalue weighted by atomic mass is 10.2. The molecule has 3 nitrogen and oxygen atoms in total. The van der Waals surface area contributed by atoms with Crippen molar-refractivity contribution in [3.63, 3.8) is 0 Å². The molecule has 0 saturated heterocycles. The van der Waals surface area contributed by atoms with Gasteiger partial charge in [-0.3, -0.25) is 4.79 Å². The average Bonchev–Trinajstić information content (AvgIpc) is 2.40. The minimum absolute atomic E-state index is 0.273. The van der Waals surface area contributed by atoms with E-state index >= 15 is 0 Å². The lowest BCUT2D eigenvalue weighted by Gasteiger charge is -2.10. The fourth-order valence-corrected chi connectivity index (χ4v) is 1.81. The minimum Gasteiger partial charge on any atom is -0.406 e. The molecule has 2 rings (SSSR count). The van der Waals surface area contributed by atoms with Gasteiger partial charge in [-0.15, -0.1) is 13.2 Å². The van der Waals surface area contributed by atoms with Crippen molar-refractivity contribution >= 4 is 23.2 Å². The van der Waals surface area contributed by atoms with Crippen molar-refractivity contribution in [1.82, 2.24) is 0 Å². The van der Waals surface area contributed by atoms with Gasteiger partial charge in [-0.2, -0.15) is 0 Å². The van der Waals surface area contributed by atoms with Crippen LogP contribution in [0.3, 0.4) is 0 Å². The number of hydrogen-bond donors (Lipinski definition) is 1. The number of hydrogen-bond acceptors (Lipinski definition) is 2. The second-order valence-corrected chi connectivity index (χ2v) is 4.41. The quantitative estimate of drug-likeness (QED) is 0.906. The number of alkyl halides is 3. The molecule has 7 heteroatoms. The van der Waals surface area contributed by atoms with Gasteiger partial charge in [-0.25, -0.2) is 0 Å². The summed E-state index contributed by atoms with van der Waals surface area (Å²) in [6.07, 6.45) is -4.75. The maximum atomic E-state index is 12.0. The molecule has 0 radical (unpaired) electrons. The van der Waals surface area contributed by atoms with E-state index in [1.165, 1.54) is 12.1 Å². The topological polar surface area (TPSA) is 38.3 Å². The van der Waals surface area contributed by atoms with Gasteiger partial charge in [0.1, 0.15) is 5.75 Å². The molecular weight excluding hydrogens is 307 g/mol. The molecule has 110 valence electrons.